The molecule has 0 unspecified atom stereocenters. The zero-order valence-electron chi connectivity index (χ0n) is 10.4. The summed E-state index contributed by atoms with van der Waals surface area (Å²) >= 11 is 5.81. The van der Waals surface area contributed by atoms with Gasteiger partial charge in [-0.2, -0.15) is 0 Å². The monoisotopic (exact) mass is 254 g/mol. The molecule has 5 heteroatoms. The third kappa shape index (κ3) is 3.54. The summed E-state index contributed by atoms with van der Waals surface area (Å²) in [7, 11) is 4.27. The molecule has 1 fully saturated rings. The molecule has 0 aliphatic carbocycles. The van der Waals surface area contributed by atoms with Crippen LogP contribution in [0.4, 0.5) is 5.82 Å². The van der Waals surface area contributed by atoms with Gasteiger partial charge in [0.25, 0.3) is 0 Å². The Balaban J connectivity index is 1.91. The van der Waals surface area contributed by atoms with Gasteiger partial charge in [0.15, 0.2) is 0 Å². The smallest absolute Gasteiger partial charge is 0.224 e. The van der Waals surface area contributed by atoms with Gasteiger partial charge in [-0.05, 0) is 50.5 Å². The highest BCUT2D eigenvalue weighted by atomic mass is 35.5. The maximum absolute atomic E-state index is 5.81. The van der Waals surface area contributed by atoms with E-state index in [9.17, 15) is 0 Å². The Hall–Kier alpha value is -0.870. The summed E-state index contributed by atoms with van der Waals surface area (Å²) in [6.07, 6.45) is 4.16. The highest BCUT2D eigenvalue weighted by molar-refractivity contribution is 6.28. The summed E-state index contributed by atoms with van der Waals surface area (Å²) in [5.41, 5.74) is 0. The minimum atomic E-state index is 0.331. The summed E-state index contributed by atoms with van der Waals surface area (Å²) in [6.45, 7) is 3.30. The van der Waals surface area contributed by atoms with E-state index in [1.807, 2.05) is 6.07 Å². The predicted molar refractivity (Wildman–Crippen MR) is 70.5 cm³/mol. The minimum absolute atomic E-state index is 0.331. The fourth-order valence-electron chi connectivity index (χ4n) is 2.36. The van der Waals surface area contributed by atoms with E-state index in [2.05, 4.69) is 33.9 Å². The molecule has 2 rings (SSSR count). The van der Waals surface area contributed by atoms with Crippen LogP contribution in [0.2, 0.25) is 5.28 Å². The molecule has 1 saturated heterocycles. The van der Waals surface area contributed by atoms with E-state index in [4.69, 9.17) is 11.6 Å². The van der Waals surface area contributed by atoms with Gasteiger partial charge in [0.2, 0.25) is 5.28 Å². The number of hydrogen-bond donors (Lipinski definition) is 0. The molecule has 2 heterocycles. The number of anilines is 1. The Morgan fingerprint density at radius 3 is 2.71 bits per heavy atom. The third-order valence-corrected chi connectivity index (χ3v) is 3.36. The lowest BCUT2D eigenvalue weighted by atomic mass is 9.96. The standard InChI is InChI=1S/C12H19ClN4/c1-16(2)9-10-4-7-17(8-5-10)11-3-6-14-12(13)15-11/h3,6,10H,4-5,7-9H2,1-2H3. The second-order valence-electron chi connectivity index (χ2n) is 4.88. The Bertz CT molecular complexity index is 361. The van der Waals surface area contributed by atoms with Crippen molar-refractivity contribution >= 4 is 17.4 Å². The maximum Gasteiger partial charge on any atom is 0.224 e. The van der Waals surface area contributed by atoms with Crippen LogP contribution in [0.25, 0.3) is 0 Å². The molecule has 0 atom stereocenters. The van der Waals surface area contributed by atoms with Crippen LogP contribution in [-0.2, 0) is 0 Å². The summed E-state index contributed by atoms with van der Waals surface area (Å²) in [5.74, 6) is 1.76. The number of piperidine rings is 1. The van der Waals surface area contributed by atoms with Crippen molar-refractivity contribution in [2.75, 3.05) is 38.6 Å². The van der Waals surface area contributed by atoms with Crippen LogP contribution in [0.15, 0.2) is 12.3 Å². The number of nitrogens with zero attached hydrogens (tertiary/aromatic N) is 4. The van der Waals surface area contributed by atoms with Crippen molar-refractivity contribution in [1.82, 2.24) is 14.9 Å². The summed E-state index contributed by atoms with van der Waals surface area (Å²) in [5, 5.41) is 0.331. The van der Waals surface area contributed by atoms with E-state index in [0.29, 0.717) is 5.28 Å². The van der Waals surface area contributed by atoms with Crippen LogP contribution in [0, 0.1) is 5.92 Å². The SMILES string of the molecule is CN(C)CC1CCN(c2ccnc(Cl)n2)CC1. The van der Waals surface area contributed by atoms with Crippen molar-refractivity contribution in [1.29, 1.82) is 0 Å². The van der Waals surface area contributed by atoms with Gasteiger partial charge < -0.3 is 9.80 Å². The molecule has 0 spiro atoms. The average Bonchev–Trinajstić information content (AvgIpc) is 2.29. The van der Waals surface area contributed by atoms with E-state index < -0.39 is 0 Å². The normalized spacial score (nSPS) is 17.8. The summed E-state index contributed by atoms with van der Waals surface area (Å²) in [4.78, 5) is 12.7. The molecular formula is C12H19ClN4. The molecule has 0 bridgehead atoms. The van der Waals surface area contributed by atoms with Gasteiger partial charge in [0.05, 0.1) is 0 Å². The zero-order valence-corrected chi connectivity index (χ0v) is 11.2. The van der Waals surface area contributed by atoms with E-state index >= 15 is 0 Å². The second kappa shape index (κ2) is 5.65. The van der Waals surface area contributed by atoms with Gasteiger partial charge in [-0.25, -0.2) is 9.97 Å². The lowest BCUT2D eigenvalue weighted by molar-refractivity contribution is 0.284. The average molecular weight is 255 g/mol. The third-order valence-electron chi connectivity index (χ3n) is 3.17. The minimum Gasteiger partial charge on any atom is -0.356 e. The lowest BCUT2D eigenvalue weighted by Gasteiger charge is -2.33. The van der Waals surface area contributed by atoms with Crippen LogP contribution >= 0.6 is 11.6 Å². The van der Waals surface area contributed by atoms with E-state index in [1.165, 1.54) is 19.4 Å². The van der Waals surface area contributed by atoms with Gasteiger partial charge in [-0.15, -0.1) is 0 Å². The Morgan fingerprint density at radius 2 is 2.12 bits per heavy atom. The van der Waals surface area contributed by atoms with E-state index in [1.54, 1.807) is 6.20 Å². The summed E-state index contributed by atoms with van der Waals surface area (Å²) in [6, 6.07) is 1.93. The van der Waals surface area contributed by atoms with Gasteiger partial charge in [0.1, 0.15) is 5.82 Å². The zero-order chi connectivity index (χ0) is 12.3. The number of halogens is 1. The Morgan fingerprint density at radius 1 is 1.41 bits per heavy atom. The van der Waals surface area contributed by atoms with Crippen LogP contribution in [0.3, 0.4) is 0 Å². The maximum atomic E-state index is 5.81. The molecule has 1 aliphatic rings. The van der Waals surface area contributed by atoms with Crippen LogP contribution in [0.1, 0.15) is 12.8 Å². The number of hydrogen-bond acceptors (Lipinski definition) is 4. The van der Waals surface area contributed by atoms with Crippen LogP contribution in [0.5, 0.6) is 0 Å². The fraction of sp³-hybridized carbons (Fsp3) is 0.667. The molecular weight excluding hydrogens is 236 g/mol. The molecule has 0 aromatic carbocycles. The van der Waals surface area contributed by atoms with Crippen molar-refractivity contribution < 1.29 is 0 Å². The first kappa shape index (κ1) is 12.6. The van der Waals surface area contributed by atoms with Gasteiger partial charge in [-0.3, -0.25) is 0 Å². The fourth-order valence-corrected chi connectivity index (χ4v) is 2.51. The van der Waals surface area contributed by atoms with E-state index in [0.717, 1.165) is 24.8 Å². The van der Waals surface area contributed by atoms with Crippen molar-refractivity contribution in [3.05, 3.63) is 17.5 Å². The first-order valence-corrected chi connectivity index (χ1v) is 6.41. The molecule has 0 radical (unpaired) electrons. The number of aromatic nitrogens is 2. The molecule has 1 aromatic heterocycles. The molecule has 4 nitrogen and oxygen atoms in total. The van der Waals surface area contributed by atoms with Crippen molar-refractivity contribution in [2.24, 2.45) is 5.92 Å². The quantitative estimate of drug-likeness (QED) is 0.772. The predicted octanol–water partition coefficient (Wildman–Crippen LogP) is 1.91. The Labute approximate surface area is 108 Å². The van der Waals surface area contributed by atoms with Crippen LogP contribution in [-0.4, -0.2) is 48.6 Å². The summed E-state index contributed by atoms with van der Waals surface area (Å²) < 4.78 is 0. The first-order valence-electron chi connectivity index (χ1n) is 6.03. The lowest BCUT2D eigenvalue weighted by Crippen LogP contribution is -2.37. The molecule has 94 valence electrons. The topological polar surface area (TPSA) is 32.3 Å². The Kier molecular flexibility index (Phi) is 4.18. The molecule has 17 heavy (non-hydrogen) atoms. The molecule has 0 saturated carbocycles. The molecule has 1 aliphatic heterocycles. The number of rotatable bonds is 3. The highest BCUT2D eigenvalue weighted by Gasteiger charge is 2.20. The first-order chi connectivity index (χ1) is 8.15. The largest absolute Gasteiger partial charge is 0.356 e. The van der Waals surface area contributed by atoms with Crippen molar-refractivity contribution in [3.63, 3.8) is 0 Å². The molecule has 0 amide bonds. The molecule has 1 aromatic rings. The van der Waals surface area contributed by atoms with E-state index in [-0.39, 0.29) is 0 Å². The van der Waals surface area contributed by atoms with Crippen molar-refractivity contribution in [3.8, 4) is 0 Å². The molecule has 0 N–H and O–H groups in total. The van der Waals surface area contributed by atoms with Gasteiger partial charge in [0, 0.05) is 25.8 Å². The highest BCUT2D eigenvalue weighted by Crippen LogP contribution is 2.22. The van der Waals surface area contributed by atoms with Crippen molar-refractivity contribution in [2.45, 2.75) is 12.8 Å². The van der Waals surface area contributed by atoms with Gasteiger partial charge in [-0.1, -0.05) is 0 Å². The van der Waals surface area contributed by atoms with Gasteiger partial charge >= 0.3 is 0 Å². The second-order valence-corrected chi connectivity index (χ2v) is 5.21. The van der Waals surface area contributed by atoms with Crippen LogP contribution < -0.4 is 4.90 Å².